The van der Waals surface area contributed by atoms with Crippen LogP contribution < -0.4 is 11.2 Å². The Morgan fingerprint density at radius 1 is 1.50 bits per heavy atom. The highest BCUT2D eigenvalue weighted by molar-refractivity contribution is 5.79. The second kappa shape index (κ2) is 5.16. The molecule has 106 valence electrons. The predicted octanol–water partition coefficient (Wildman–Crippen LogP) is -0.217. The van der Waals surface area contributed by atoms with Crippen LogP contribution in [0.4, 0.5) is 0 Å². The lowest BCUT2D eigenvalue weighted by Crippen LogP contribution is -2.28. The van der Waals surface area contributed by atoms with Crippen molar-refractivity contribution in [2.75, 3.05) is 7.11 Å². The van der Waals surface area contributed by atoms with E-state index in [4.69, 9.17) is 4.74 Å². The van der Waals surface area contributed by atoms with Crippen molar-refractivity contribution in [2.24, 2.45) is 7.05 Å². The van der Waals surface area contributed by atoms with Gasteiger partial charge in [-0.25, -0.2) is 9.78 Å². The first-order valence-electron chi connectivity index (χ1n) is 5.87. The zero-order chi connectivity index (χ0) is 14.9. The highest BCUT2D eigenvalue weighted by Crippen LogP contribution is 2.20. The number of rotatable bonds is 4. The third-order valence-electron chi connectivity index (χ3n) is 2.99. The number of aryl methyl sites for hydroxylation is 1. The number of hydrogen-bond donors (Lipinski definition) is 2. The van der Waals surface area contributed by atoms with E-state index < -0.39 is 23.1 Å². The van der Waals surface area contributed by atoms with Crippen LogP contribution in [0.5, 0.6) is 0 Å². The Labute approximate surface area is 113 Å². The van der Waals surface area contributed by atoms with Gasteiger partial charge in [0.05, 0.1) is 7.11 Å². The predicted molar refractivity (Wildman–Crippen MR) is 71.5 cm³/mol. The van der Waals surface area contributed by atoms with Gasteiger partial charge in [0, 0.05) is 7.05 Å². The zero-order valence-electron chi connectivity index (χ0n) is 11.1. The highest BCUT2D eigenvalue weighted by atomic mass is 16.5. The number of imidazole rings is 1. The molecule has 0 aliphatic carbocycles. The molecule has 0 radical (unpaired) electrons. The van der Waals surface area contributed by atoms with Gasteiger partial charge in [0.1, 0.15) is 17.3 Å². The summed E-state index contributed by atoms with van der Waals surface area (Å²) in [5.74, 6) is -0.928. The average Bonchev–Trinajstić information content (AvgIpc) is 2.87. The topological polar surface area (TPSA) is 110 Å². The van der Waals surface area contributed by atoms with E-state index in [2.05, 4.69) is 21.5 Å². The van der Waals surface area contributed by atoms with Gasteiger partial charge in [0.15, 0.2) is 5.65 Å². The minimum absolute atomic E-state index is 0.139. The summed E-state index contributed by atoms with van der Waals surface area (Å²) in [5, 5.41) is 0. The molecular weight excluding hydrogens is 264 g/mol. The lowest BCUT2D eigenvalue weighted by atomic mass is 10.1. The molecule has 0 saturated heterocycles. The average molecular weight is 278 g/mol. The number of aromatic nitrogens is 4. The highest BCUT2D eigenvalue weighted by Gasteiger charge is 2.25. The van der Waals surface area contributed by atoms with Crippen molar-refractivity contribution in [1.29, 1.82) is 0 Å². The molecule has 0 amide bonds. The van der Waals surface area contributed by atoms with Crippen LogP contribution in [0.3, 0.4) is 0 Å². The molecule has 1 unspecified atom stereocenters. The number of fused-ring (bicyclic) bond motifs is 1. The molecule has 0 saturated carbocycles. The fourth-order valence-corrected chi connectivity index (χ4v) is 1.92. The standard InChI is InChI=1S/C12H14N4O4/c1-4-5-6(11(18)20-3)8-13-7-9(14-8)16(2)12(19)15-10(7)17/h4,6H,1,5H2,2-3H3,(H,13,14)(H,15,17,19). The Kier molecular flexibility index (Phi) is 3.55. The van der Waals surface area contributed by atoms with E-state index in [-0.39, 0.29) is 17.0 Å². The first kappa shape index (κ1) is 13.8. The first-order valence-corrected chi connectivity index (χ1v) is 5.87. The number of methoxy groups -OCH3 is 1. The van der Waals surface area contributed by atoms with E-state index in [1.807, 2.05) is 0 Å². The summed E-state index contributed by atoms with van der Waals surface area (Å²) in [6, 6.07) is 0. The van der Waals surface area contributed by atoms with E-state index in [0.717, 1.165) is 0 Å². The smallest absolute Gasteiger partial charge is 0.329 e. The van der Waals surface area contributed by atoms with Gasteiger partial charge in [0.25, 0.3) is 5.56 Å². The molecule has 2 heterocycles. The summed E-state index contributed by atoms with van der Waals surface area (Å²) in [6.45, 7) is 3.57. The van der Waals surface area contributed by atoms with Crippen LogP contribution in [-0.4, -0.2) is 32.6 Å². The van der Waals surface area contributed by atoms with Gasteiger partial charge in [-0.15, -0.1) is 6.58 Å². The molecule has 2 rings (SSSR count). The van der Waals surface area contributed by atoms with Gasteiger partial charge >= 0.3 is 11.7 Å². The summed E-state index contributed by atoms with van der Waals surface area (Å²) >= 11 is 0. The Hall–Kier alpha value is -2.64. The SMILES string of the molecule is C=CCC(C(=O)OC)c1nc2c([nH]1)c(=O)[nH]c(=O)n2C. The molecule has 2 N–H and O–H groups in total. The van der Waals surface area contributed by atoms with Crippen molar-refractivity contribution in [3.63, 3.8) is 0 Å². The van der Waals surface area contributed by atoms with Crippen LogP contribution in [-0.2, 0) is 16.6 Å². The van der Waals surface area contributed by atoms with Gasteiger partial charge in [-0.1, -0.05) is 6.08 Å². The third-order valence-corrected chi connectivity index (χ3v) is 2.99. The van der Waals surface area contributed by atoms with Crippen LogP contribution in [0.2, 0.25) is 0 Å². The number of nitrogens with one attached hydrogen (secondary N) is 2. The summed E-state index contributed by atoms with van der Waals surface area (Å²) in [6.07, 6.45) is 1.86. The molecule has 2 aromatic heterocycles. The molecule has 0 bridgehead atoms. The number of hydrogen-bond acceptors (Lipinski definition) is 5. The Balaban J connectivity index is 2.66. The quantitative estimate of drug-likeness (QED) is 0.593. The van der Waals surface area contributed by atoms with Crippen LogP contribution in [0.1, 0.15) is 18.2 Å². The van der Waals surface area contributed by atoms with E-state index in [1.54, 1.807) is 6.08 Å². The van der Waals surface area contributed by atoms with Gasteiger partial charge in [-0.05, 0) is 6.42 Å². The van der Waals surface area contributed by atoms with Crippen LogP contribution >= 0.6 is 0 Å². The van der Waals surface area contributed by atoms with E-state index in [1.165, 1.54) is 18.7 Å². The molecule has 8 heteroatoms. The van der Waals surface area contributed by atoms with Gasteiger partial charge < -0.3 is 9.72 Å². The number of esters is 1. The summed E-state index contributed by atoms with van der Waals surface area (Å²) < 4.78 is 5.89. The summed E-state index contributed by atoms with van der Waals surface area (Å²) in [4.78, 5) is 44.0. The molecule has 0 aliphatic heterocycles. The number of allylic oxidation sites excluding steroid dienone is 1. The zero-order valence-corrected chi connectivity index (χ0v) is 11.1. The lowest BCUT2D eigenvalue weighted by molar-refractivity contribution is -0.142. The number of carbonyl (C=O) groups excluding carboxylic acids is 1. The van der Waals surface area contributed by atoms with Crippen LogP contribution in [0, 0.1) is 0 Å². The number of carbonyl (C=O) groups is 1. The Bertz CT molecular complexity index is 783. The van der Waals surface area contributed by atoms with Crippen LogP contribution in [0.15, 0.2) is 22.2 Å². The minimum Gasteiger partial charge on any atom is -0.468 e. The van der Waals surface area contributed by atoms with E-state index in [0.29, 0.717) is 6.42 Å². The molecule has 0 spiro atoms. The maximum absolute atomic E-state index is 11.7. The summed E-state index contributed by atoms with van der Waals surface area (Å²) in [5.41, 5.74) is -0.824. The maximum Gasteiger partial charge on any atom is 0.329 e. The fraction of sp³-hybridized carbons (Fsp3) is 0.333. The molecule has 8 nitrogen and oxygen atoms in total. The van der Waals surface area contributed by atoms with E-state index >= 15 is 0 Å². The van der Waals surface area contributed by atoms with Gasteiger partial charge in [-0.2, -0.15) is 0 Å². The lowest BCUT2D eigenvalue weighted by Gasteiger charge is -2.08. The first-order chi connectivity index (χ1) is 9.49. The molecular formula is C12H14N4O4. The van der Waals surface area contributed by atoms with E-state index in [9.17, 15) is 14.4 Å². The molecule has 20 heavy (non-hydrogen) atoms. The van der Waals surface area contributed by atoms with Crippen molar-refractivity contribution in [1.82, 2.24) is 19.5 Å². The second-order valence-electron chi connectivity index (χ2n) is 4.24. The van der Waals surface area contributed by atoms with Crippen LogP contribution in [0.25, 0.3) is 11.2 Å². The number of ether oxygens (including phenoxy) is 1. The molecule has 0 aliphatic rings. The second-order valence-corrected chi connectivity index (χ2v) is 4.24. The molecule has 2 aromatic rings. The van der Waals surface area contributed by atoms with Crippen molar-refractivity contribution >= 4 is 17.1 Å². The Morgan fingerprint density at radius 2 is 2.20 bits per heavy atom. The number of H-pyrrole nitrogens is 2. The van der Waals surface area contributed by atoms with Crippen molar-refractivity contribution in [3.05, 3.63) is 39.3 Å². The molecule has 1 atom stereocenters. The fourth-order valence-electron chi connectivity index (χ4n) is 1.92. The van der Waals surface area contributed by atoms with Crippen molar-refractivity contribution < 1.29 is 9.53 Å². The maximum atomic E-state index is 11.7. The monoisotopic (exact) mass is 278 g/mol. The largest absolute Gasteiger partial charge is 0.468 e. The third kappa shape index (κ3) is 2.15. The van der Waals surface area contributed by atoms with Crippen molar-refractivity contribution in [3.8, 4) is 0 Å². The number of aromatic amines is 2. The molecule has 0 aromatic carbocycles. The number of nitrogens with zero attached hydrogens (tertiary/aromatic N) is 2. The van der Waals surface area contributed by atoms with Crippen molar-refractivity contribution in [2.45, 2.75) is 12.3 Å². The van der Waals surface area contributed by atoms with Gasteiger partial charge in [0.2, 0.25) is 0 Å². The van der Waals surface area contributed by atoms with Gasteiger partial charge in [-0.3, -0.25) is 19.1 Å². The molecule has 0 fully saturated rings. The summed E-state index contributed by atoms with van der Waals surface area (Å²) in [7, 11) is 2.75. The Morgan fingerprint density at radius 3 is 2.80 bits per heavy atom. The minimum atomic E-state index is -0.695. The normalized spacial score (nSPS) is 12.3.